The van der Waals surface area contributed by atoms with E-state index in [1.165, 1.54) is 11.1 Å². The van der Waals surface area contributed by atoms with Crippen LogP contribution < -0.4 is 0 Å². The Kier molecular flexibility index (Phi) is 2.92. The van der Waals surface area contributed by atoms with Gasteiger partial charge < -0.3 is 0 Å². The van der Waals surface area contributed by atoms with E-state index >= 15 is 0 Å². The van der Waals surface area contributed by atoms with E-state index in [9.17, 15) is 0 Å². The molecule has 0 spiro atoms. The van der Waals surface area contributed by atoms with Crippen molar-refractivity contribution in [1.29, 1.82) is 0 Å². The SMILES string of the molecule is CC([O][Ti])(C1=CC=CC1)C1=CC=CC1. The van der Waals surface area contributed by atoms with Gasteiger partial charge in [0, 0.05) is 0 Å². The van der Waals surface area contributed by atoms with E-state index in [1.807, 2.05) is 0 Å². The number of hydrogen-bond donors (Lipinski definition) is 0. The van der Waals surface area contributed by atoms with Crippen molar-refractivity contribution in [1.82, 2.24) is 0 Å². The molecule has 0 fully saturated rings. The second kappa shape index (κ2) is 4.02. The average Bonchev–Trinajstić information content (AvgIpc) is 2.88. The summed E-state index contributed by atoms with van der Waals surface area (Å²) < 4.78 is 5.69. The molecule has 0 aromatic carbocycles. The van der Waals surface area contributed by atoms with Gasteiger partial charge >= 0.3 is 97.1 Å². The fraction of sp³-hybridized carbons (Fsp3) is 0.333. The molecule has 2 aliphatic rings. The van der Waals surface area contributed by atoms with Gasteiger partial charge in [0.1, 0.15) is 0 Å². The van der Waals surface area contributed by atoms with E-state index in [0.717, 1.165) is 12.8 Å². The molecule has 0 bridgehead atoms. The zero-order valence-corrected chi connectivity index (χ0v) is 9.85. The Bertz CT molecular complexity index is 317. The Balaban J connectivity index is 2.25. The first-order chi connectivity index (χ1) is 6.77. The molecule has 2 rings (SSSR count). The van der Waals surface area contributed by atoms with Crippen molar-refractivity contribution in [3.8, 4) is 0 Å². The molecule has 2 heteroatoms. The van der Waals surface area contributed by atoms with Crippen LogP contribution in [0.3, 0.4) is 0 Å². The first-order valence-electron chi connectivity index (χ1n) is 4.84. The first kappa shape index (κ1) is 10.2. The average molecular weight is 221 g/mol. The molecule has 71 valence electrons. The Labute approximate surface area is 97.1 Å². The standard InChI is InChI=1S/C12H13O.Ti/c1-12(13,10-6-2-3-7-10)11-8-4-5-9-11;/h2-6,8H,7,9H2,1H3;/q-1;+1. The van der Waals surface area contributed by atoms with Crippen LogP contribution in [0.5, 0.6) is 0 Å². The molecular weight excluding hydrogens is 208 g/mol. The molecule has 0 heterocycles. The molecule has 0 saturated carbocycles. The van der Waals surface area contributed by atoms with Gasteiger partial charge in [-0.3, -0.25) is 0 Å². The molecule has 0 radical (unpaired) electrons. The fourth-order valence-electron chi connectivity index (χ4n) is 1.94. The first-order valence-corrected chi connectivity index (χ1v) is 5.48. The van der Waals surface area contributed by atoms with Crippen molar-refractivity contribution in [3.63, 3.8) is 0 Å². The molecule has 0 aliphatic heterocycles. The normalized spacial score (nSPS) is 20.0. The van der Waals surface area contributed by atoms with Gasteiger partial charge in [0.05, 0.1) is 0 Å². The van der Waals surface area contributed by atoms with E-state index in [4.69, 9.17) is 3.32 Å². The quantitative estimate of drug-likeness (QED) is 0.665. The molecule has 0 saturated heterocycles. The van der Waals surface area contributed by atoms with Crippen molar-refractivity contribution in [2.75, 3.05) is 0 Å². The molecule has 1 nitrogen and oxygen atoms in total. The van der Waals surface area contributed by atoms with Gasteiger partial charge in [-0.15, -0.1) is 0 Å². The maximum atomic E-state index is 5.69. The Morgan fingerprint density at radius 2 is 1.64 bits per heavy atom. The van der Waals surface area contributed by atoms with Crippen molar-refractivity contribution in [3.05, 3.63) is 47.6 Å². The third-order valence-corrected chi connectivity index (χ3v) is 3.61. The van der Waals surface area contributed by atoms with Gasteiger partial charge in [0.15, 0.2) is 0 Å². The molecule has 2 aliphatic carbocycles. The second-order valence-corrected chi connectivity index (χ2v) is 4.10. The second-order valence-electron chi connectivity index (χ2n) is 3.78. The summed E-state index contributed by atoms with van der Waals surface area (Å²) in [6, 6.07) is 0. The summed E-state index contributed by atoms with van der Waals surface area (Å²) in [5, 5.41) is 0. The Hall–Kier alpha value is -0.366. The van der Waals surface area contributed by atoms with Gasteiger partial charge in [-0.2, -0.15) is 0 Å². The molecule has 0 atom stereocenters. The summed E-state index contributed by atoms with van der Waals surface area (Å²) in [7, 11) is 0. The number of rotatable bonds is 3. The minimum absolute atomic E-state index is 0.201. The van der Waals surface area contributed by atoms with Crippen LogP contribution in [0, 0.1) is 0 Å². The molecular formula is C12H13OTi. The summed E-state index contributed by atoms with van der Waals surface area (Å²) >= 11 is 1.79. The van der Waals surface area contributed by atoms with E-state index in [2.05, 4.69) is 43.4 Å². The predicted octanol–water partition coefficient (Wildman–Crippen LogP) is 3.00. The molecule has 0 aromatic rings. The molecule has 0 unspecified atom stereocenters. The van der Waals surface area contributed by atoms with Crippen LogP contribution in [0.15, 0.2) is 47.6 Å². The maximum absolute atomic E-state index is 5.69. The van der Waals surface area contributed by atoms with Crippen LogP contribution >= 0.6 is 0 Å². The van der Waals surface area contributed by atoms with Gasteiger partial charge in [-0.25, -0.2) is 0 Å². The van der Waals surface area contributed by atoms with Gasteiger partial charge in [-0.05, 0) is 0 Å². The monoisotopic (exact) mass is 221 g/mol. The molecule has 0 N–H and O–H groups in total. The zero-order chi connectivity index (χ0) is 10.0. The number of allylic oxidation sites excluding steroid dienone is 6. The Morgan fingerprint density at radius 3 is 1.93 bits per heavy atom. The van der Waals surface area contributed by atoms with Crippen LogP contribution in [-0.4, -0.2) is 5.60 Å². The van der Waals surface area contributed by atoms with E-state index in [0.29, 0.717) is 0 Å². The van der Waals surface area contributed by atoms with Crippen LogP contribution in [0.1, 0.15) is 19.8 Å². The van der Waals surface area contributed by atoms with Gasteiger partial charge in [0.25, 0.3) is 0 Å². The molecule has 0 amide bonds. The summed E-state index contributed by atoms with van der Waals surface area (Å²) in [6.45, 7) is 2.16. The summed E-state index contributed by atoms with van der Waals surface area (Å²) in [6.07, 6.45) is 14.9. The predicted molar refractivity (Wildman–Crippen MR) is 53.2 cm³/mol. The molecule has 14 heavy (non-hydrogen) atoms. The van der Waals surface area contributed by atoms with Crippen molar-refractivity contribution >= 4 is 0 Å². The van der Waals surface area contributed by atoms with E-state index in [-0.39, 0.29) is 5.60 Å². The van der Waals surface area contributed by atoms with Crippen LogP contribution in [-0.2, 0) is 24.1 Å². The minimum atomic E-state index is -0.201. The van der Waals surface area contributed by atoms with E-state index < -0.39 is 0 Å². The van der Waals surface area contributed by atoms with Crippen LogP contribution in [0.4, 0.5) is 0 Å². The van der Waals surface area contributed by atoms with Crippen molar-refractivity contribution in [2.45, 2.75) is 25.4 Å². The topological polar surface area (TPSA) is 9.23 Å². The van der Waals surface area contributed by atoms with E-state index in [1.54, 1.807) is 20.8 Å². The van der Waals surface area contributed by atoms with Gasteiger partial charge in [-0.1, -0.05) is 0 Å². The third-order valence-electron chi connectivity index (χ3n) is 2.97. The zero-order valence-electron chi connectivity index (χ0n) is 8.29. The van der Waals surface area contributed by atoms with Crippen LogP contribution in [0.25, 0.3) is 0 Å². The summed E-state index contributed by atoms with van der Waals surface area (Å²) in [5.41, 5.74) is 2.51. The van der Waals surface area contributed by atoms with Crippen molar-refractivity contribution < 1.29 is 24.1 Å². The third kappa shape index (κ3) is 1.60. The van der Waals surface area contributed by atoms with Crippen molar-refractivity contribution in [2.24, 2.45) is 0 Å². The fourth-order valence-corrected chi connectivity index (χ4v) is 2.35. The van der Waals surface area contributed by atoms with Gasteiger partial charge in [0.2, 0.25) is 0 Å². The molecule has 0 aromatic heterocycles. The van der Waals surface area contributed by atoms with Crippen LogP contribution in [0.2, 0.25) is 0 Å². The Morgan fingerprint density at radius 1 is 1.14 bits per heavy atom. The summed E-state index contributed by atoms with van der Waals surface area (Å²) in [4.78, 5) is 0. The number of hydrogen-bond acceptors (Lipinski definition) is 1. The summed E-state index contributed by atoms with van der Waals surface area (Å²) in [5.74, 6) is 0.